The normalized spacial score (nSPS) is 11.6. The minimum absolute atomic E-state index is 0.212. The van der Waals surface area contributed by atoms with E-state index in [4.69, 9.17) is 11.3 Å². The molecule has 0 atom stereocenters. The van der Waals surface area contributed by atoms with Crippen molar-refractivity contribution in [3.63, 3.8) is 0 Å². The predicted octanol–water partition coefficient (Wildman–Crippen LogP) is 2.95. The van der Waals surface area contributed by atoms with Crippen LogP contribution in [0.15, 0.2) is 71.0 Å². The van der Waals surface area contributed by atoms with Gasteiger partial charge in [0.25, 0.3) is 0 Å². The quantitative estimate of drug-likeness (QED) is 0.189. The summed E-state index contributed by atoms with van der Waals surface area (Å²) in [5.74, 6) is 4.10. The van der Waals surface area contributed by atoms with Crippen LogP contribution in [-0.4, -0.2) is 10.4 Å². The van der Waals surface area contributed by atoms with E-state index in [0.29, 0.717) is 17.7 Å². The minimum Gasteiger partial charge on any atom is -0.336 e. The Labute approximate surface area is 153 Å². The van der Waals surface area contributed by atoms with E-state index in [2.05, 4.69) is 10.3 Å². The Balaban J connectivity index is 1.92. The van der Waals surface area contributed by atoms with E-state index in [-0.39, 0.29) is 5.84 Å². The Kier molecular flexibility index (Phi) is 4.12. The second-order valence-corrected chi connectivity index (χ2v) is 6.21. The molecule has 0 bridgehead atoms. The Morgan fingerprint density at radius 2 is 1.63 bits per heavy atom. The summed E-state index contributed by atoms with van der Waals surface area (Å²) >= 11 is 0. The van der Waals surface area contributed by atoms with E-state index >= 15 is 0 Å². The number of amidine groups is 1. The maximum atomic E-state index is 13.6. The molecule has 0 aliphatic rings. The van der Waals surface area contributed by atoms with E-state index in [0.717, 1.165) is 27.9 Å². The maximum absolute atomic E-state index is 13.6. The van der Waals surface area contributed by atoms with Crippen LogP contribution in [0.1, 0.15) is 11.1 Å². The van der Waals surface area contributed by atoms with Crippen molar-refractivity contribution in [2.45, 2.75) is 6.54 Å². The summed E-state index contributed by atoms with van der Waals surface area (Å²) in [6, 6.07) is 17.0. The van der Waals surface area contributed by atoms with Gasteiger partial charge >= 0.3 is 5.84 Å². The average Bonchev–Trinajstić information content (AvgIpc) is 2.95. The Morgan fingerprint density at radius 1 is 0.926 bits per heavy atom. The fraction of sp³-hybridized carbons (Fsp3) is 0.0500. The maximum Gasteiger partial charge on any atom is 0.350 e. The van der Waals surface area contributed by atoms with Crippen molar-refractivity contribution in [3.05, 3.63) is 83.4 Å². The van der Waals surface area contributed by atoms with Gasteiger partial charge in [-0.3, -0.25) is 11.3 Å². The highest BCUT2D eigenvalue weighted by molar-refractivity contribution is 6.10. The van der Waals surface area contributed by atoms with Crippen LogP contribution < -0.4 is 11.3 Å². The van der Waals surface area contributed by atoms with Gasteiger partial charge in [-0.25, -0.2) is 8.78 Å². The number of aromatic nitrogens is 1. The van der Waals surface area contributed by atoms with E-state index in [1.54, 1.807) is 0 Å². The zero-order chi connectivity index (χ0) is 19.0. The van der Waals surface area contributed by atoms with Crippen molar-refractivity contribution in [1.82, 2.24) is 4.57 Å². The summed E-state index contributed by atoms with van der Waals surface area (Å²) < 4.78 is 29.2. The van der Waals surface area contributed by atoms with Crippen molar-refractivity contribution in [2.75, 3.05) is 0 Å². The van der Waals surface area contributed by atoms with Gasteiger partial charge in [0.15, 0.2) is 0 Å². The van der Waals surface area contributed by atoms with Gasteiger partial charge in [0.1, 0.15) is 11.6 Å². The van der Waals surface area contributed by atoms with Crippen molar-refractivity contribution >= 4 is 27.6 Å². The molecule has 4 aromatic rings. The first kappa shape index (κ1) is 16.8. The molecule has 4 N–H and O–H groups in total. The third kappa shape index (κ3) is 3.03. The number of hydrogen-bond acceptors (Lipinski definition) is 1. The molecule has 4 rings (SSSR count). The minimum atomic E-state index is -0.595. The first-order valence-electron chi connectivity index (χ1n) is 8.26. The smallest absolute Gasteiger partial charge is 0.336 e. The fourth-order valence-electron chi connectivity index (χ4n) is 3.39. The third-order valence-corrected chi connectivity index (χ3v) is 4.50. The number of rotatable bonds is 3. The summed E-state index contributed by atoms with van der Waals surface area (Å²) in [5.41, 5.74) is 3.11. The first-order chi connectivity index (χ1) is 13.1. The average molecular weight is 364 g/mol. The first-order valence-corrected chi connectivity index (χ1v) is 8.26. The zero-order valence-electron chi connectivity index (χ0n) is 14.2. The predicted molar refractivity (Wildman–Crippen MR) is 100.0 cm³/mol. The summed E-state index contributed by atoms with van der Waals surface area (Å²) in [6.45, 7) is 0.333. The molecule has 3 aromatic carbocycles. The molecule has 134 valence electrons. The summed E-state index contributed by atoms with van der Waals surface area (Å²) in [7, 11) is 0. The van der Waals surface area contributed by atoms with Crippen molar-refractivity contribution in [3.8, 4) is 0 Å². The molecule has 7 heteroatoms. The molecule has 0 unspecified atom stereocenters. The number of benzene rings is 3. The largest absolute Gasteiger partial charge is 0.350 e. The van der Waals surface area contributed by atoms with E-state index < -0.39 is 11.6 Å². The van der Waals surface area contributed by atoms with Gasteiger partial charge in [0.2, 0.25) is 0 Å². The number of fused-ring (bicyclic) bond motifs is 3. The monoisotopic (exact) mass is 364 g/mol. The Morgan fingerprint density at radius 3 is 2.37 bits per heavy atom. The van der Waals surface area contributed by atoms with Gasteiger partial charge in [0.05, 0.1) is 10.7 Å². The highest BCUT2D eigenvalue weighted by atomic mass is 19.1. The standard InChI is InChI=1S/C20H15F2N5/c21-14-7-12(8-15(22)10-14)11-27-18-4-2-1-3-16(18)17-9-13(5-6-19(17)27)20(23)25-26-24/h1-10H,11H2,(H3,23,24,25)/p+1. The van der Waals surface area contributed by atoms with Gasteiger partial charge in [-0.05, 0) is 42.0 Å². The third-order valence-electron chi connectivity index (χ3n) is 4.50. The van der Waals surface area contributed by atoms with Crippen LogP contribution in [-0.2, 0) is 6.54 Å². The summed E-state index contributed by atoms with van der Waals surface area (Å²) in [6.07, 6.45) is 0. The Hall–Kier alpha value is -3.61. The molecule has 1 aromatic heterocycles. The Bertz CT molecular complexity index is 1190. The molecule has 0 amide bonds. The number of halogens is 2. The number of nitrogens with zero attached hydrogens (tertiary/aromatic N) is 3. The van der Waals surface area contributed by atoms with Crippen LogP contribution in [0.5, 0.6) is 0 Å². The van der Waals surface area contributed by atoms with E-state index in [9.17, 15) is 8.78 Å². The van der Waals surface area contributed by atoms with Crippen molar-refractivity contribution in [2.24, 2.45) is 16.2 Å². The van der Waals surface area contributed by atoms with Crippen LogP contribution in [0.2, 0.25) is 0 Å². The second-order valence-electron chi connectivity index (χ2n) is 6.21. The summed E-state index contributed by atoms with van der Waals surface area (Å²) in [4.78, 5) is 0. The lowest BCUT2D eigenvalue weighted by Crippen LogP contribution is -2.38. The highest BCUT2D eigenvalue weighted by Crippen LogP contribution is 2.30. The van der Waals surface area contributed by atoms with Gasteiger partial charge in [-0.1, -0.05) is 18.2 Å². The number of hydrogen-bond donors (Lipinski definition) is 2. The molecule has 27 heavy (non-hydrogen) atoms. The lowest BCUT2D eigenvalue weighted by atomic mass is 10.1. The molecular weight excluding hydrogens is 348 g/mol. The van der Waals surface area contributed by atoms with Gasteiger partial charge < -0.3 is 4.57 Å². The molecule has 0 aliphatic heterocycles. The number of nitrogens with two attached hydrogens (primary N) is 2. The van der Waals surface area contributed by atoms with Crippen LogP contribution in [0.3, 0.4) is 0 Å². The topological polar surface area (TPSA) is 81.3 Å². The van der Waals surface area contributed by atoms with E-state index in [1.807, 2.05) is 47.0 Å². The molecule has 0 spiro atoms. The highest BCUT2D eigenvalue weighted by Gasteiger charge is 2.15. The van der Waals surface area contributed by atoms with Crippen LogP contribution in [0, 0.1) is 11.6 Å². The van der Waals surface area contributed by atoms with Gasteiger partial charge in [-0.15, -0.1) is 0 Å². The molecular formula is C20H16F2N5+. The molecule has 0 fully saturated rings. The fourth-order valence-corrected chi connectivity index (χ4v) is 3.39. The molecule has 0 saturated heterocycles. The van der Waals surface area contributed by atoms with E-state index in [1.165, 1.54) is 12.1 Å². The van der Waals surface area contributed by atoms with Crippen LogP contribution >= 0.6 is 0 Å². The zero-order valence-corrected chi connectivity index (χ0v) is 14.2. The number of para-hydroxylation sites is 1. The van der Waals surface area contributed by atoms with Crippen molar-refractivity contribution < 1.29 is 14.2 Å². The van der Waals surface area contributed by atoms with Crippen LogP contribution in [0.25, 0.3) is 21.8 Å². The lowest BCUT2D eigenvalue weighted by Gasteiger charge is -2.08. The van der Waals surface area contributed by atoms with Crippen molar-refractivity contribution in [1.29, 1.82) is 0 Å². The van der Waals surface area contributed by atoms with Gasteiger partial charge in [-0.2, -0.15) is 0 Å². The molecule has 5 nitrogen and oxygen atoms in total. The molecule has 0 saturated carbocycles. The SMILES string of the molecule is NN=NC(=[NH2+])c1ccc2c(c1)c1ccccc1n2Cc1cc(F)cc(F)c1. The molecule has 0 aliphatic carbocycles. The summed E-state index contributed by atoms with van der Waals surface area (Å²) in [5, 5.41) is 14.7. The molecule has 0 radical (unpaired) electrons. The second kappa shape index (κ2) is 6.60. The molecule has 1 heterocycles. The lowest BCUT2D eigenvalue weighted by molar-refractivity contribution is -0.114. The van der Waals surface area contributed by atoms with Crippen LogP contribution in [0.4, 0.5) is 8.78 Å². The van der Waals surface area contributed by atoms with Gasteiger partial charge in [0, 0.05) is 39.6 Å².